The molecular weight excluding hydrogens is 378 g/mol. The van der Waals surface area contributed by atoms with E-state index in [0.29, 0.717) is 44.6 Å². The van der Waals surface area contributed by atoms with Crippen LogP contribution in [0.3, 0.4) is 0 Å². The molecule has 1 atom stereocenters. The monoisotopic (exact) mass is 407 g/mol. The zero-order chi connectivity index (χ0) is 21.1. The zero-order valence-corrected chi connectivity index (χ0v) is 17.5. The summed E-state index contributed by atoms with van der Waals surface area (Å²) in [6.45, 7) is 4.35. The fourth-order valence-corrected chi connectivity index (χ4v) is 4.88. The topological polar surface area (TPSA) is 73.7 Å². The first-order valence-electron chi connectivity index (χ1n) is 10.6. The molecule has 4 rings (SSSR count). The SMILES string of the molecule is Cc1cccc(CC(=O)N2CCC3(CC2)CC(O)CN(C(=O)c2cccnc2)C3)c1. The highest BCUT2D eigenvalue weighted by Crippen LogP contribution is 2.40. The number of rotatable bonds is 3. The minimum Gasteiger partial charge on any atom is -0.391 e. The van der Waals surface area contributed by atoms with Crippen molar-refractivity contribution < 1.29 is 14.7 Å². The van der Waals surface area contributed by atoms with Crippen molar-refractivity contribution in [2.75, 3.05) is 26.2 Å². The van der Waals surface area contributed by atoms with Gasteiger partial charge in [0.2, 0.25) is 5.91 Å². The smallest absolute Gasteiger partial charge is 0.255 e. The number of aliphatic hydroxyl groups excluding tert-OH is 1. The summed E-state index contributed by atoms with van der Waals surface area (Å²) in [6, 6.07) is 11.6. The van der Waals surface area contributed by atoms with Gasteiger partial charge in [0, 0.05) is 38.6 Å². The van der Waals surface area contributed by atoms with Gasteiger partial charge in [0.05, 0.1) is 18.1 Å². The average molecular weight is 408 g/mol. The van der Waals surface area contributed by atoms with Crippen LogP contribution in [0.25, 0.3) is 0 Å². The van der Waals surface area contributed by atoms with Gasteiger partial charge in [-0.15, -0.1) is 0 Å². The summed E-state index contributed by atoms with van der Waals surface area (Å²) in [5, 5.41) is 10.5. The lowest BCUT2D eigenvalue weighted by molar-refractivity contribution is -0.134. The molecule has 1 unspecified atom stereocenters. The highest BCUT2D eigenvalue weighted by atomic mass is 16.3. The minimum absolute atomic E-state index is 0.0841. The quantitative estimate of drug-likeness (QED) is 0.848. The van der Waals surface area contributed by atoms with E-state index in [2.05, 4.69) is 11.1 Å². The van der Waals surface area contributed by atoms with Gasteiger partial charge in [-0.3, -0.25) is 14.6 Å². The molecular formula is C24H29N3O3. The Labute approximate surface area is 177 Å². The number of amides is 2. The predicted molar refractivity (Wildman–Crippen MR) is 114 cm³/mol. The third kappa shape index (κ3) is 4.54. The number of benzene rings is 1. The molecule has 6 nitrogen and oxygen atoms in total. The van der Waals surface area contributed by atoms with Gasteiger partial charge in [0.25, 0.3) is 5.91 Å². The molecule has 0 bridgehead atoms. The summed E-state index contributed by atoms with van der Waals surface area (Å²) in [5.74, 6) is 0.0641. The summed E-state index contributed by atoms with van der Waals surface area (Å²) in [5.41, 5.74) is 2.62. The number of β-amino-alcohol motifs (C(OH)–C–C–N with tert-alkyl or cyclic N) is 1. The van der Waals surface area contributed by atoms with Crippen LogP contribution >= 0.6 is 0 Å². The first kappa shape index (κ1) is 20.5. The van der Waals surface area contributed by atoms with Gasteiger partial charge in [-0.2, -0.15) is 0 Å². The molecule has 158 valence electrons. The van der Waals surface area contributed by atoms with Gasteiger partial charge in [0.1, 0.15) is 0 Å². The van der Waals surface area contributed by atoms with Crippen molar-refractivity contribution in [2.24, 2.45) is 5.41 Å². The molecule has 1 aromatic heterocycles. The van der Waals surface area contributed by atoms with Crippen molar-refractivity contribution in [2.45, 2.75) is 38.7 Å². The fourth-order valence-electron chi connectivity index (χ4n) is 4.88. The molecule has 1 N–H and O–H groups in total. The molecule has 2 fully saturated rings. The Bertz CT molecular complexity index is 907. The maximum Gasteiger partial charge on any atom is 0.255 e. The van der Waals surface area contributed by atoms with Gasteiger partial charge < -0.3 is 14.9 Å². The van der Waals surface area contributed by atoms with Crippen LogP contribution in [-0.4, -0.2) is 64.0 Å². The van der Waals surface area contributed by atoms with Gasteiger partial charge in [0.15, 0.2) is 0 Å². The number of piperidine rings is 2. The van der Waals surface area contributed by atoms with Crippen molar-refractivity contribution in [3.63, 3.8) is 0 Å². The first-order valence-corrected chi connectivity index (χ1v) is 10.6. The van der Waals surface area contributed by atoms with E-state index in [1.165, 1.54) is 0 Å². The van der Waals surface area contributed by atoms with Crippen molar-refractivity contribution >= 4 is 11.8 Å². The Morgan fingerprint density at radius 3 is 2.67 bits per heavy atom. The van der Waals surface area contributed by atoms with Crippen molar-refractivity contribution in [3.05, 3.63) is 65.5 Å². The Morgan fingerprint density at radius 1 is 1.17 bits per heavy atom. The van der Waals surface area contributed by atoms with Gasteiger partial charge in [-0.05, 0) is 49.3 Å². The molecule has 1 aromatic carbocycles. The fraction of sp³-hybridized carbons (Fsp3) is 0.458. The number of hydrogen-bond donors (Lipinski definition) is 1. The number of hydrogen-bond acceptors (Lipinski definition) is 4. The molecule has 30 heavy (non-hydrogen) atoms. The molecule has 2 amide bonds. The van der Waals surface area contributed by atoms with Gasteiger partial charge in [-0.1, -0.05) is 29.8 Å². The molecule has 0 saturated carbocycles. The number of aliphatic hydroxyl groups is 1. The largest absolute Gasteiger partial charge is 0.391 e. The van der Waals surface area contributed by atoms with Gasteiger partial charge >= 0.3 is 0 Å². The number of nitrogens with zero attached hydrogens (tertiary/aromatic N) is 3. The molecule has 0 aliphatic carbocycles. The standard InChI is InChI=1S/C24H29N3O3/c1-18-4-2-5-19(12-18)13-22(29)26-10-7-24(8-11-26)14-21(28)16-27(17-24)23(30)20-6-3-9-25-15-20/h2-6,9,12,15,21,28H,7-8,10-11,13-14,16-17H2,1H3. The van der Waals surface area contributed by atoms with E-state index in [1.807, 2.05) is 30.0 Å². The van der Waals surface area contributed by atoms with Gasteiger partial charge in [-0.25, -0.2) is 0 Å². The summed E-state index contributed by atoms with van der Waals surface area (Å²) in [4.78, 5) is 33.4. The third-order valence-corrected chi connectivity index (χ3v) is 6.44. The third-order valence-electron chi connectivity index (χ3n) is 6.44. The van der Waals surface area contributed by atoms with Crippen molar-refractivity contribution in [3.8, 4) is 0 Å². The van der Waals surface area contributed by atoms with Crippen molar-refractivity contribution in [1.29, 1.82) is 0 Å². The number of aryl methyl sites for hydroxylation is 1. The molecule has 2 aliphatic heterocycles. The second-order valence-corrected chi connectivity index (χ2v) is 8.83. The zero-order valence-electron chi connectivity index (χ0n) is 17.5. The lowest BCUT2D eigenvalue weighted by Gasteiger charge is -2.49. The minimum atomic E-state index is -0.533. The number of aromatic nitrogens is 1. The molecule has 2 saturated heterocycles. The predicted octanol–water partition coefficient (Wildman–Crippen LogP) is 2.45. The molecule has 1 spiro atoms. The average Bonchev–Trinajstić information content (AvgIpc) is 2.74. The normalized spacial score (nSPS) is 20.9. The van der Waals surface area contributed by atoms with E-state index in [4.69, 9.17) is 0 Å². The highest BCUT2D eigenvalue weighted by molar-refractivity contribution is 5.94. The van der Waals surface area contributed by atoms with E-state index >= 15 is 0 Å². The maximum absolute atomic E-state index is 12.9. The van der Waals surface area contributed by atoms with Crippen LogP contribution in [0, 0.1) is 12.3 Å². The molecule has 2 aliphatic rings. The van der Waals surface area contributed by atoms with E-state index in [9.17, 15) is 14.7 Å². The Hall–Kier alpha value is -2.73. The van der Waals surface area contributed by atoms with Crippen LogP contribution in [0.15, 0.2) is 48.8 Å². The van der Waals surface area contributed by atoms with Crippen LogP contribution in [0.5, 0.6) is 0 Å². The van der Waals surface area contributed by atoms with Crippen LogP contribution in [0.2, 0.25) is 0 Å². The lowest BCUT2D eigenvalue weighted by Crippen LogP contribution is -2.56. The number of pyridine rings is 1. The Balaban J connectivity index is 1.39. The Morgan fingerprint density at radius 2 is 1.97 bits per heavy atom. The van der Waals surface area contributed by atoms with Crippen LogP contribution < -0.4 is 0 Å². The number of likely N-dealkylation sites (tertiary alicyclic amines) is 2. The summed E-state index contributed by atoms with van der Waals surface area (Å²) in [7, 11) is 0. The lowest BCUT2D eigenvalue weighted by atomic mass is 9.71. The number of carbonyl (C=O) groups is 2. The van der Waals surface area contributed by atoms with Crippen LogP contribution in [-0.2, 0) is 11.2 Å². The van der Waals surface area contributed by atoms with E-state index in [-0.39, 0.29) is 17.2 Å². The molecule has 0 radical (unpaired) electrons. The molecule has 6 heteroatoms. The maximum atomic E-state index is 12.9. The first-order chi connectivity index (χ1) is 14.4. The second kappa shape index (κ2) is 8.56. The van der Waals surface area contributed by atoms with E-state index in [1.54, 1.807) is 29.4 Å². The Kier molecular flexibility index (Phi) is 5.86. The van der Waals surface area contributed by atoms with E-state index in [0.717, 1.165) is 24.0 Å². The highest BCUT2D eigenvalue weighted by Gasteiger charge is 2.43. The summed E-state index contributed by atoms with van der Waals surface area (Å²) >= 11 is 0. The van der Waals surface area contributed by atoms with Crippen LogP contribution in [0.4, 0.5) is 0 Å². The molecule has 2 aromatic rings. The second-order valence-electron chi connectivity index (χ2n) is 8.83. The summed E-state index contributed by atoms with van der Waals surface area (Å²) in [6.07, 6.45) is 5.40. The molecule has 3 heterocycles. The van der Waals surface area contributed by atoms with Crippen molar-refractivity contribution in [1.82, 2.24) is 14.8 Å². The summed E-state index contributed by atoms with van der Waals surface area (Å²) < 4.78 is 0. The van der Waals surface area contributed by atoms with E-state index < -0.39 is 6.10 Å². The number of carbonyl (C=O) groups excluding carboxylic acids is 2. The van der Waals surface area contributed by atoms with Crippen LogP contribution in [0.1, 0.15) is 40.7 Å².